The van der Waals surface area contributed by atoms with Crippen molar-refractivity contribution in [2.45, 2.75) is 39.0 Å². The van der Waals surface area contributed by atoms with Crippen LogP contribution in [0, 0.1) is 5.41 Å². The molecule has 1 N–H and O–H groups in total. The van der Waals surface area contributed by atoms with Crippen LogP contribution in [0.15, 0.2) is 28.7 Å². The molecule has 1 saturated heterocycles. The normalized spacial score (nSPS) is 22.2. The standard InChI is InChI=1S/C15H18BrNO2/c1-3-15(4-2)9-12(18)17-14(19)13(15)10-5-7-11(16)8-6-10/h5-8,13H,3-4,9H2,1-2H3,(H,17,18,19). The Labute approximate surface area is 121 Å². The van der Waals surface area contributed by atoms with E-state index in [-0.39, 0.29) is 23.1 Å². The van der Waals surface area contributed by atoms with Gasteiger partial charge in [0, 0.05) is 10.9 Å². The molecule has 1 aromatic carbocycles. The Kier molecular flexibility index (Phi) is 4.09. The van der Waals surface area contributed by atoms with E-state index in [9.17, 15) is 9.59 Å². The van der Waals surface area contributed by atoms with Gasteiger partial charge in [-0.05, 0) is 36.0 Å². The van der Waals surface area contributed by atoms with Gasteiger partial charge in [-0.3, -0.25) is 14.9 Å². The molecular weight excluding hydrogens is 306 g/mol. The van der Waals surface area contributed by atoms with Gasteiger partial charge in [0.25, 0.3) is 0 Å². The van der Waals surface area contributed by atoms with Crippen LogP contribution in [0.2, 0.25) is 0 Å². The average Bonchev–Trinajstić information content (AvgIpc) is 2.39. The third-order valence-corrected chi connectivity index (χ3v) is 4.79. The van der Waals surface area contributed by atoms with Gasteiger partial charge < -0.3 is 0 Å². The van der Waals surface area contributed by atoms with Crippen LogP contribution in [0.1, 0.15) is 44.6 Å². The summed E-state index contributed by atoms with van der Waals surface area (Å²) in [7, 11) is 0. The summed E-state index contributed by atoms with van der Waals surface area (Å²) in [5.41, 5.74) is 0.727. The monoisotopic (exact) mass is 323 g/mol. The average molecular weight is 324 g/mol. The van der Waals surface area contributed by atoms with Crippen molar-refractivity contribution in [1.29, 1.82) is 0 Å². The molecule has 1 atom stereocenters. The fourth-order valence-electron chi connectivity index (χ4n) is 3.02. The maximum atomic E-state index is 12.3. The summed E-state index contributed by atoms with van der Waals surface area (Å²) in [6.45, 7) is 4.11. The van der Waals surface area contributed by atoms with Gasteiger partial charge in [-0.1, -0.05) is 41.9 Å². The number of carbonyl (C=O) groups excluding carboxylic acids is 2. The predicted octanol–water partition coefficient (Wildman–Crippen LogP) is 3.39. The Morgan fingerprint density at radius 1 is 1.21 bits per heavy atom. The number of hydrogen-bond donors (Lipinski definition) is 1. The van der Waals surface area contributed by atoms with Crippen molar-refractivity contribution >= 4 is 27.7 Å². The largest absolute Gasteiger partial charge is 0.296 e. The van der Waals surface area contributed by atoms with Crippen molar-refractivity contribution in [3.63, 3.8) is 0 Å². The quantitative estimate of drug-likeness (QED) is 0.867. The molecule has 2 amide bonds. The van der Waals surface area contributed by atoms with Crippen LogP contribution in [0.4, 0.5) is 0 Å². The van der Waals surface area contributed by atoms with Crippen molar-refractivity contribution in [2.24, 2.45) is 5.41 Å². The second-order valence-corrected chi connectivity index (χ2v) is 6.06. The molecule has 1 aromatic rings. The van der Waals surface area contributed by atoms with Gasteiger partial charge in [0.05, 0.1) is 5.92 Å². The number of rotatable bonds is 3. The van der Waals surface area contributed by atoms with Crippen LogP contribution < -0.4 is 5.32 Å². The number of amides is 2. The molecule has 0 spiro atoms. The summed E-state index contributed by atoms with van der Waals surface area (Å²) in [5.74, 6) is -0.558. The van der Waals surface area contributed by atoms with Crippen LogP contribution >= 0.6 is 15.9 Å². The number of imide groups is 1. The summed E-state index contributed by atoms with van der Waals surface area (Å²) >= 11 is 3.40. The van der Waals surface area contributed by atoms with E-state index in [0.717, 1.165) is 22.9 Å². The molecule has 1 heterocycles. The molecule has 2 rings (SSSR count). The topological polar surface area (TPSA) is 46.2 Å². The molecule has 0 radical (unpaired) electrons. The first-order chi connectivity index (χ1) is 9.02. The third kappa shape index (κ3) is 2.59. The highest BCUT2D eigenvalue weighted by molar-refractivity contribution is 9.10. The summed E-state index contributed by atoms with van der Waals surface area (Å²) in [5, 5.41) is 2.48. The molecule has 0 saturated carbocycles. The lowest BCUT2D eigenvalue weighted by atomic mass is 9.64. The molecule has 19 heavy (non-hydrogen) atoms. The van der Waals surface area contributed by atoms with Crippen molar-refractivity contribution in [3.8, 4) is 0 Å². The lowest BCUT2D eigenvalue weighted by Crippen LogP contribution is -2.50. The van der Waals surface area contributed by atoms with E-state index in [1.165, 1.54) is 0 Å². The summed E-state index contributed by atoms with van der Waals surface area (Å²) in [6, 6.07) is 7.80. The number of carbonyl (C=O) groups is 2. The minimum Gasteiger partial charge on any atom is -0.296 e. The van der Waals surface area contributed by atoms with E-state index in [0.29, 0.717) is 6.42 Å². The first-order valence-electron chi connectivity index (χ1n) is 6.61. The van der Waals surface area contributed by atoms with Crippen molar-refractivity contribution in [2.75, 3.05) is 0 Å². The molecule has 102 valence electrons. The SMILES string of the molecule is CCC1(CC)CC(=O)NC(=O)C1c1ccc(Br)cc1. The molecule has 1 unspecified atom stereocenters. The molecule has 1 fully saturated rings. The minimum atomic E-state index is -0.257. The van der Waals surface area contributed by atoms with E-state index >= 15 is 0 Å². The summed E-state index contributed by atoms with van der Waals surface area (Å²) < 4.78 is 0.988. The first kappa shape index (κ1) is 14.3. The van der Waals surface area contributed by atoms with Crippen LogP contribution in [-0.2, 0) is 9.59 Å². The van der Waals surface area contributed by atoms with Gasteiger partial charge >= 0.3 is 0 Å². The Hall–Kier alpha value is -1.16. The Morgan fingerprint density at radius 3 is 2.32 bits per heavy atom. The summed E-state index contributed by atoms with van der Waals surface area (Å²) in [4.78, 5) is 24.0. The van der Waals surface area contributed by atoms with E-state index in [2.05, 4.69) is 35.1 Å². The van der Waals surface area contributed by atoms with Crippen molar-refractivity contribution in [1.82, 2.24) is 5.32 Å². The number of halogens is 1. The molecule has 0 aliphatic carbocycles. The fourth-order valence-corrected chi connectivity index (χ4v) is 3.29. The van der Waals surface area contributed by atoms with Gasteiger partial charge in [-0.15, -0.1) is 0 Å². The van der Waals surface area contributed by atoms with E-state index in [1.54, 1.807) is 0 Å². The molecule has 1 aliphatic rings. The van der Waals surface area contributed by atoms with Crippen LogP contribution in [0.25, 0.3) is 0 Å². The minimum absolute atomic E-state index is 0.151. The maximum Gasteiger partial charge on any atom is 0.234 e. The zero-order chi connectivity index (χ0) is 14.0. The third-order valence-electron chi connectivity index (χ3n) is 4.26. The number of hydrogen-bond acceptors (Lipinski definition) is 2. The zero-order valence-electron chi connectivity index (χ0n) is 11.2. The highest BCUT2D eigenvalue weighted by atomic mass is 79.9. The zero-order valence-corrected chi connectivity index (χ0v) is 12.8. The number of piperidine rings is 1. The number of nitrogens with one attached hydrogen (secondary N) is 1. The lowest BCUT2D eigenvalue weighted by molar-refractivity contribution is -0.140. The smallest absolute Gasteiger partial charge is 0.234 e. The van der Waals surface area contributed by atoms with Gasteiger partial charge in [0.2, 0.25) is 11.8 Å². The second-order valence-electron chi connectivity index (χ2n) is 5.14. The van der Waals surface area contributed by atoms with Gasteiger partial charge in [0.1, 0.15) is 0 Å². The number of benzene rings is 1. The maximum absolute atomic E-state index is 12.3. The molecule has 1 aliphatic heterocycles. The van der Waals surface area contributed by atoms with Crippen molar-refractivity contribution in [3.05, 3.63) is 34.3 Å². The first-order valence-corrected chi connectivity index (χ1v) is 7.41. The van der Waals surface area contributed by atoms with E-state index in [4.69, 9.17) is 0 Å². The Bertz CT molecular complexity index is 491. The lowest BCUT2D eigenvalue weighted by Gasteiger charge is -2.41. The fraction of sp³-hybridized carbons (Fsp3) is 0.467. The molecule has 0 aromatic heterocycles. The van der Waals surface area contributed by atoms with Gasteiger partial charge in [-0.25, -0.2) is 0 Å². The van der Waals surface area contributed by atoms with E-state index in [1.807, 2.05) is 24.3 Å². The second kappa shape index (κ2) is 5.45. The van der Waals surface area contributed by atoms with Crippen LogP contribution in [-0.4, -0.2) is 11.8 Å². The van der Waals surface area contributed by atoms with Gasteiger partial charge in [-0.2, -0.15) is 0 Å². The highest BCUT2D eigenvalue weighted by Gasteiger charge is 2.46. The summed E-state index contributed by atoms with van der Waals surface area (Å²) in [6.07, 6.45) is 2.07. The molecule has 4 heteroatoms. The van der Waals surface area contributed by atoms with Crippen molar-refractivity contribution < 1.29 is 9.59 Å². The molecular formula is C15H18BrNO2. The highest BCUT2D eigenvalue weighted by Crippen LogP contribution is 2.47. The Balaban J connectivity index is 2.46. The Morgan fingerprint density at radius 2 is 1.79 bits per heavy atom. The van der Waals surface area contributed by atoms with Crippen LogP contribution in [0.3, 0.4) is 0 Å². The predicted molar refractivity (Wildman–Crippen MR) is 77.7 cm³/mol. The molecule has 3 nitrogen and oxygen atoms in total. The van der Waals surface area contributed by atoms with E-state index < -0.39 is 0 Å². The van der Waals surface area contributed by atoms with Gasteiger partial charge in [0.15, 0.2) is 0 Å². The van der Waals surface area contributed by atoms with Crippen LogP contribution in [0.5, 0.6) is 0 Å². The molecule has 0 bridgehead atoms.